The summed E-state index contributed by atoms with van der Waals surface area (Å²) in [5.41, 5.74) is 2.15. The van der Waals surface area contributed by atoms with Gasteiger partial charge in [0.05, 0.1) is 14.2 Å². The van der Waals surface area contributed by atoms with E-state index in [1.165, 1.54) is 0 Å². The lowest BCUT2D eigenvalue weighted by molar-refractivity contribution is 0.244. The largest absolute Gasteiger partial charge is 0.389 e. The fraction of sp³-hybridized carbons (Fsp3) is 0.714. The number of hydrogen-bond donors (Lipinski definition) is 1. The molecule has 0 heterocycles. The van der Waals surface area contributed by atoms with Gasteiger partial charge in [-0.05, 0) is 6.92 Å². The van der Waals surface area contributed by atoms with E-state index in [9.17, 15) is 0 Å². The fourth-order valence-electron chi connectivity index (χ4n) is 0.428. The van der Waals surface area contributed by atoms with E-state index in [0.717, 1.165) is 0 Å². The predicted octanol–water partition coefficient (Wildman–Crippen LogP) is 1.80. The third-order valence-electron chi connectivity index (χ3n) is 0.875. The van der Waals surface area contributed by atoms with Gasteiger partial charge >= 0.3 is 0 Å². The van der Waals surface area contributed by atoms with Crippen LogP contribution in [-0.2, 0) is 0 Å². The molecule has 0 fully saturated rings. The molecule has 2 heteroatoms. The number of hydrogen-bond acceptors (Lipinski definition) is 1. The topological polar surface area (TPSA) is 20.2 Å². The summed E-state index contributed by atoms with van der Waals surface area (Å²) in [6, 6.07) is 0. The minimum absolute atomic E-state index is 0.281. The Morgan fingerprint density at radius 3 is 1.89 bits per heavy atom. The van der Waals surface area contributed by atoms with Crippen LogP contribution >= 0.6 is 0 Å². The zero-order valence-electron chi connectivity index (χ0n) is 6.68. The zero-order valence-corrected chi connectivity index (χ0v) is 7.68. The summed E-state index contributed by atoms with van der Waals surface area (Å²) < 4.78 is 0. The first kappa shape index (κ1) is 8.92. The molecule has 0 aliphatic heterocycles. The van der Waals surface area contributed by atoms with Gasteiger partial charge in [0, 0.05) is 0 Å². The molecule has 1 atom stereocenters. The Kier molecular flexibility index (Phi) is 3.15. The summed E-state index contributed by atoms with van der Waals surface area (Å²) in [5.74, 6) is 0. The Bertz CT molecular complexity index is 100.0. The normalized spacial score (nSPS) is 16.6. The summed E-state index contributed by atoms with van der Waals surface area (Å²) in [6.07, 6.45) is 1.59. The van der Waals surface area contributed by atoms with Crippen molar-refractivity contribution in [2.24, 2.45) is 0 Å². The summed E-state index contributed by atoms with van der Waals surface area (Å²) in [6.45, 7) is 8.50. The predicted molar refractivity (Wildman–Crippen MR) is 44.2 cm³/mol. The van der Waals surface area contributed by atoms with Crippen LogP contribution in [0.5, 0.6) is 0 Å². The van der Waals surface area contributed by atoms with Gasteiger partial charge in [-0.2, -0.15) is 0 Å². The first-order valence-corrected chi connectivity index (χ1v) is 6.87. The van der Waals surface area contributed by atoms with E-state index in [-0.39, 0.29) is 6.10 Å². The summed E-state index contributed by atoms with van der Waals surface area (Å²) in [5, 5.41) is 8.85. The highest BCUT2D eigenvalue weighted by molar-refractivity contribution is 6.80. The molecule has 0 aliphatic rings. The highest BCUT2D eigenvalue weighted by Gasteiger charge is 2.06. The van der Waals surface area contributed by atoms with Crippen LogP contribution in [0.2, 0.25) is 19.6 Å². The maximum absolute atomic E-state index is 8.85. The molecule has 0 amide bonds. The van der Waals surface area contributed by atoms with Gasteiger partial charge < -0.3 is 5.11 Å². The molecular formula is C7H16OSi. The average Bonchev–Trinajstić information content (AvgIpc) is 1.59. The SMILES string of the molecule is CC(O)C=C[Si](C)(C)C. The van der Waals surface area contributed by atoms with E-state index >= 15 is 0 Å². The lowest BCUT2D eigenvalue weighted by atomic mass is 10.4. The molecule has 1 N–H and O–H groups in total. The molecule has 0 spiro atoms. The van der Waals surface area contributed by atoms with E-state index in [0.29, 0.717) is 0 Å². The highest BCUT2D eigenvalue weighted by atomic mass is 28.3. The zero-order chi connectivity index (χ0) is 7.49. The Labute approximate surface area is 58.4 Å². The van der Waals surface area contributed by atoms with Crippen LogP contribution in [-0.4, -0.2) is 19.3 Å². The third-order valence-corrected chi connectivity index (χ3v) is 2.07. The van der Waals surface area contributed by atoms with Crippen LogP contribution in [0, 0.1) is 0 Å². The summed E-state index contributed by atoms with van der Waals surface area (Å²) >= 11 is 0. The van der Waals surface area contributed by atoms with E-state index in [1.54, 1.807) is 6.92 Å². The molecule has 1 unspecified atom stereocenters. The monoisotopic (exact) mass is 144 g/mol. The molecule has 1 nitrogen and oxygen atoms in total. The first-order valence-electron chi connectivity index (χ1n) is 3.29. The minimum Gasteiger partial charge on any atom is -0.389 e. The summed E-state index contributed by atoms with van der Waals surface area (Å²) in [7, 11) is -1.06. The average molecular weight is 144 g/mol. The van der Waals surface area contributed by atoms with E-state index in [2.05, 4.69) is 25.3 Å². The smallest absolute Gasteiger partial charge is 0.0689 e. The molecule has 0 bridgehead atoms. The molecule has 0 aliphatic carbocycles. The van der Waals surface area contributed by atoms with Crippen molar-refractivity contribution >= 4 is 8.07 Å². The van der Waals surface area contributed by atoms with Crippen LogP contribution in [0.15, 0.2) is 11.8 Å². The van der Waals surface area contributed by atoms with Gasteiger partial charge in [-0.15, -0.1) is 0 Å². The van der Waals surface area contributed by atoms with Crippen molar-refractivity contribution in [1.82, 2.24) is 0 Å². The van der Waals surface area contributed by atoms with Crippen molar-refractivity contribution in [2.75, 3.05) is 0 Å². The molecule has 0 saturated carbocycles. The quantitative estimate of drug-likeness (QED) is 0.586. The number of aliphatic hydroxyl groups is 1. The summed E-state index contributed by atoms with van der Waals surface area (Å²) in [4.78, 5) is 0. The number of aliphatic hydroxyl groups excluding tert-OH is 1. The number of rotatable bonds is 2. The van der Waals surface area contributed by atoms with Crippen molar-refractivity contribution in [3.05, 3.63) is 11.8 Å². The van der Waals surface area contributed by atoms with Crippen molar-refractivity contribution in [2.45, 2.75) is 32.7 Å². The second kappa shape index (κ2) is 3.18. The van der Waals surface area contributed by atoms with Gasteiger partial charge in [-0.1, -0.05) is 31.4 Å². The van der Waals surface area contributed by atoms with Crippen LogP contribution < -0.4 is 0 Å². The standard InChI is InChI=1S/C7H16OSi/c1-7(8)5-6-9(2,3)4/h5-8H,1-4H3. The van der Waals surface area contributed by atoms with Crippen molar-refractivity contribution in [1.29, 1.82) is 0 Å². The van der Waals surface area contributed by atoms with Gasteiger partial charge in [0.1, 0.15) is 0 Å². The van der Waals surface area contributed by atoms with E-state index < -0.39 is 8.07 Å². The molecular weight excluding hydrogens is 128 g/mol. The third kappa shape index (κ3) is 7.92. The molecule has 0 saturated heterocycles. The van der Waals surface area contributed by atoms with E-state index in [4.69, 9.17) is 5.11 Å². The van der Waals surface area contributed by atoms with Crippen molar-refractivity contribution in [3.63, 3.8) is 0 Å². The molecule has 0 aromatic rings. The maximum Gasteiger partial charge on any atom is 0.0689 e. The molecule has 0 aromatic carbocycles. The highest BCUT2D eigenvalue weighted by Crippen LogP contribution is 2.02. The Balaban J connectivity index is 3.71. The van der Waals surface area contributed by atoms with Crippen LogP contribution in [0.25, 0.3) is 0 Å². The minimum atomic E-state index is -1.06. The van der Waals surface area contributed by atoms with Crippen LogP contribution in [0.1, 0.15) is 6.92 Å². The van der Waals surface area contributed by atoms with Gasteiger partial charge in [0.15, 0.2) is 0 Å². The van der Waals surface area contributed by atoms with Crippen molar-refractivity contribution in [3.8, 4) is 0 Å². The lowest BCUT2D eigenvalue weighted by Crippen LogP contribution is -2.16. The maximum atomic E-state index is 8.85. The van der Waals surface area contributed by atoms with E-state index in [1.807, 2.05) is 6.08 Å². The lowest BCUT2D eigenvalue weighted by Gasteiger charge is -2.08. The molecule has 0 aromatic heterocycles. The van der Waals surface area contributed by atoms with Gasteiger partial charge in [-0.3, -0.25) is 0 Å². The van der Waals surface area contributed by atoms with Gasteiger partial charge in [0.25, 0.3) is 0 Å². The second-order valence-electron chi connectivity index (χ2n) is 3.47. The molecule has 0 rings (SSSR count). The van der Waals surface area contributed by atoms with Crippen molar-refractivity contribution < 1.29 is 5.11 Å². The molecule has 54 valence electrons. The Morgan fingerprint density at radius 1 is 1.33 bits per heavy atom. The van der Waals surface area contributed by atoms with Gasteiger partial charge in [0.2, 0.25) is 0 Å². The molecule has 0 radical (unpaired) electrons. The molecule has 9 heavy (non-hydrogen) atoms. The van der Waals surface area contributed by atoms with Crippen LogP contribution in [0.4, 0.5) is 0 Å². The second-order valence-corrected chi connectivity index (χ2v) is 8.53. The van der Waals surface area contributed by atoms with Crippen LogP contribution in [0.3, 0.4) is 0 Å². The first-order chi connectivity index (χ1) is 3.92. The Hall–Kier alpha value is -0.0831. The fourth-order valence-corrected chi connectivity index (χ4v) is 1.28. The van der Waals surface area contributed by atoms with Gasteiger partial charge in [-0.25, -0.2) is 0 Å². The Morgan fingerprint density at radius 2 is 1.78 bits per heavy atom.